The molecule has 34 nitrogen and oxygen atoms in total. The second-order valence-corrected chi connectivity index (χ2v) is 25.1. The largest absolute Gasteiger partial charge is 0.453 e. The first-order chi connectivity index (χ1) is 43.8. The first-order valence-electron chi connectivity index (χ1n) is 31.1. The number of cyclic esters (lactones) is 1. The topological polar surface area (TPSA) is 542 Å². The molecule has 1 fully saturated rings. The number of carbonyl (C=O) groups is 13. The Balaban J connectivity index is 3.09. The van der Waals surface area contributed by atoms with Crippen molar-refractivity contribution in [2.24, 2.45) is 35.1 Å². The molecule has 21 N–H and O–H groups in total. The Hall–Kier alpha value is -8.76. The zero-order chi connectivity index (χ0) is 71.5. The van der Waals surface area contributed by atoms with Gasteiger partial charge in [0.15, 0.2) is 24.2 Å². The monoisotopic (exact) mass is 1330 g/mol. The molecule has 1 aromatic rings. The first kappa shape index (κ1) is 81.3. The Labute approximate surface area is 546 Å². The molecule has 0 aromatic heterocycles. The van der Waals surface area contributed by atoms with Crippen LogP contribution >= 0.6 is 0 Å². The fourth-order valence-corrected chi connectivity index (χ4v) is 9.24. The van der Waals surface area contributed by atoms with Crippen molar-refractivity contribution in [3.63, 3.8) is 0 Å². The van der Waals surface area contributed by atoms with Gasteiger partial charge < -0.3 is 105 Å². The van der Waals surface area contributed by atoms with E-state index in [9.17, 15) is 78.0 Å². The van der Waals surface area contributed by atoms with Crippen LogP contribution in [0.4, 0.5) is 4.79 Å². The van der Waals surface area contributed by atoms with E-state index in [-0.39, 0.29) is 56.7 Å². The Kier molecular flexibility index (Phi) is 33.8. The van der Waals surface area contributed by atoms with Gasteiger partial charge >= 0.3 is 12.1 Å². The van der Waals surface area contributed by atoms with Crippen LogP contribution in [0.25, 0.3) is 0 Å². The molecule has 1 saturated heterocycles. The fraction of sp³-hybridized carbons (Fsp3) is 0.667. The number of benzene rings is 1. The van der Waals surface area contributed by atoms with Crippen molar-refractivity contribution < 1.29 is 92.2 Å². The van der Waals surface area contributed by atoms with E-state index in [1.807, 2.05) is 10.6 Å². The molecule has 0 spiro atoms. The third-order valence-corrected chi connectivity index (χ3v) is 14.5. The lowest BCUT2D eigenvalue weighted by molar-refractivity contribution is -0.159. The average Bonchev–Trinajstić information content (AvgIpc) is 0.826. The van der Waals surface area contributed by atoms with Gasteiger partial charge in [0.05, 0.1) is 25.4 Å². The van der Waals surface area contributed by atoms with Crippen LogP contribution in [0.3, 0.4) is 0 Å². The number of aliphatic hydroxyl groups excluding tert-OH is 4. The minimum Gasteiger partial charge on any atom is -0.453 e. The summed E-state index contributed by atoms with van der Waals surface area (Å²) in [7, 11) is 0. The second-order valence-electron chi connectivity index (χ2n) is 25.1. The lowest BCUT2D eigenvalue weighted by Gasteiger charge is -2.33. The highest BCUT2D eigenvalue weighted by atomic mass is 16.6. The summed E-state index contributed by atoms with van der Waals surface area (Å²) in [5.74, 6) is -17.6. The van der Waals surface area contributed by atoms with Gasteiger partial charge in [-0.25, -0.2) is 9.59 Å². The average molecular weight is 1330 g/mol. The summed E-state index contributed by atoms with van der Waals surface area (Å²) >= 11 is 0. The number of nitrogens with two attached hydrogens (primary N) is 2. The molecule has 1 aromatic carbocycles. The lowest BCUT2D eigenvalue weighted by atomic mass is 9.95. The van der Waals surface area contributed by atoms with Crippen LogP contribution in [0, 0.1) is 29.1 Å². The summed E-state index contributed by atoms with van der Waals surface area (Å²) in [6.45, 7) is 16.2. The van der Waals surface area contributed by atoms with Gasteiger partial charge in [0.1, 0.15) is 53.9 Å². The predicted octanol–water partition coefficient (Wildman–Crippen LogP) is -4.68. The van der Waals surface area contributed by atoms with Gasteiger partial charge in [-0.15, -0.1) is 0 Å². The molecule has 0 radical (unpaired) electrons. The maximum Gasteiger partial charge on any atom is 0.407 e. The minimum atomic E-state index is -2.59. The number of esters is 1. The number of hydrogen-bond acceptors (Lipinski definition) is 20. The highest BCUT2D eigenvalue weighted by Gasteiger charge is 2.44. The highest BCUT2D eigenvalue weighted by molar-refractivity contribution is 6.00. The van der Waals surface area contributed by atoms with Crippen LogP contribution in [-0.4, -0.2) is 208 Å². The molecule has 12 amide bonds. The van der Waals surface area contributed by atoms with Crippen LogP contribution < -0.4 is 75.3 Å². The molecule has 0 saturated carbocycles. The molecule has 0 bridgehead atoms. The summed E-state index contributed by atoms with van der Waals surface area (Å²) in [6.07, 6.45) is -9.66. The molecule has 1 heterocycles. The zero-order valence-corrected chi connectivity index (χ0v) is 55.3. The quantitative estimate of drug-likeness (QED) is 0.0212. The molecule has 34 heteroatoms. The number of ether oxygens (including phenoxy) is 2. The standard InChI is InChI=1S/C60H99N15O19/c1-13-31(8)40-53(87)73-41(32(9)77)52(86)66-26-39(79)71-43(46(81)48(61)82)55(89)70-37(27-76)57(91)93-47(33-18-15-14-16-19-33)44(75-51(85)35(24-28(2)3)67-38(78)21-23-65-59(92)94-60(10,11)12)56(90)74-42(45(80)30(6)7)54(88)69-36(25-29(4)5)50(84)68-34(49(83)72-40)20-17-22-64-58(62)63/h14-16,18-19,28-32,34-37,40-47,76-77,80-81H,13,17,20-27H2,1-12H3,(H2,61,82)(H,65,92)(H,66,86)(H,67,78)(H,68,84)(H,69,88)(H,70,89)(H,71,79)(H,72,83)(H,73,87)(H,74,90)(H,75,85)(H4,62,63,64)/t31-,32-,34+,35-,36-,37-,40-,41-,42-,43-,44-,45+,46-,47+/m0/s1. The normalized spacial score (nSPS) is 23.8. The van der Waals surface area contributed by atoms with E-state index >= 15 is 4.79 Å². The fourth-order valence-electron chi connectivity index (χ4n) is 9.24. The van der Waals surface area contributed by atoms with E-state index in [1.54, 1.807) is 62.3 Å². The number of primary amides is 1. The van der Waals surface area contributed by atoms with E-state index < -0.39 is 205 Å². The molecule has 1 aliphatic rings. The minimum absolute atomic E-state index is 0.00355. The van der Waals surface area contributed by atoms with E-state index in [0.717, 1.165) is 6.92 Å². The molecule has 0 aliphatic carbocycles. The molecule has 2 rings (SSSR count). The Bertz CT molecular complexity index is 2780. The number of aliphatic hydroxyl groups is 4. The van der Waals surface area contributed by atoms with Crippen molar-refractivity contribution in [2.75, 3.05) is 26.2 Å². The van der Waals surface area contributed by atoms with E-state index in [2.05, 4.69) is 53.2 Å². The molecular formula is C60H99N15O19. The van der Waals surface area contributed by atoms with Crippen molar-refractivity contribution in [2.45, 2.75) is 206 Å². The van der Waals surface area contributed by atoms with Crippen molar-refractivity contribution in [1.29, 1.82) is 5.41 Å². The number of guanidine groups is 1. The smallest absolute Gasteiger partial charge is 0.407 e. The highest BCUT2D eigenvalue weighted by Crippen LogP contribution is 2.25. The van der Waals surface area contributed by atoms with Gasteiger partial charge in [-0.2, -0.15) is 0 Å². The molecule has 1 aliphatic heterocycles. The number of hydrogen-bond donors (Lipinski definition) is 19. The summed E-state index contributed by atoms with van der Waals surface area (Å²) in [5.41, 5.74) is 9.85. The number of rotatable bonds is 23. The molecule has 14 atom stereocenters. The number of carbonyl (C=O) groups excluding carboxylic acids is 13. The van der Waals surface area contributed by atoms with Crippen LogP contribution in [-0.2, 0) is 67.0 Å². The molecular weight excluding hydrogens is 1230 g/mol. The van der Waals surface area contributed by atoms with Gasteiger partial charge in [0.2, 0.25) is 65.0 Å². The van der Waals surface area contributed by atoms with Gasteiger partial charge in [0, 0.05) is 19.5 Å². The lowest BCUT2D eigenvalue weighted by Crippen LogP contribution is -2.64. The van der Waals surface area contributed by atoms with E-state index in [0.29, 0.717) is 0 Å². The zero-order valence-electron chi connectivity index (χ0n) is 55.3. The second kappa shape index (κ2) is 39.1. The van der Waals surface area contributed by atoms with Crippen LogP contribution in [0.5, 0.6) is 0 Å². The molecule has 94 heavy (non-hydrogen) atoms. The number of nitrogens with one attached hydrogen (secondary N) is 13. The Morgan fingerprint density at radius 1 is 0.691 bits per heavy atom. The Morgan fingerprint density at radius 2 is 1.26 bits per heavy atom. The number of amides is 12. The SMILES string of the molecule is CC[C@H](C)[C@@H]1NC(=O)[C@@H](CCCNC(=N)N)NC(=O)[C@H](CC(C)C)NC(=O)[C@H]([C@H](O)C(C)C)NC(=O)[C@@H](NC(=O)[C@H](CC(C)C)NC(=O)CCNC(=O)OC(C)(C)C)[C@@H](c2ccccc2)OC(=O)[C@H](CO)NC(=O)[C@H]([C@H](O)C(N)=O)NC(=O)CNC(=O)[C@H]([C@H](C)O)NC1=O. The van der Waals surface area contributed by atoms with Crippen molar-refractivity contribution in [3.8, 4) is 0 Å². The van der Waals surface area contributed by atoms with Crippen LogP contribution in [0.1, 0.15) is 133 Å². The van der Waals surface area contributed by atoms with Gasteiger partial charge in [-0.05, 0) is 82.6 Å². The van der Waals surface area contributed by atoms with E-state index in [1.165, 1.54) is 44.2 Å². The van der Waals surface area contributed by atoms with Crippen molar-refractivity contribution >= 4 is 83.0 Å². The van der Waals surface area contributed by atoms with E-state index in [4.69, 9.17) is 26.4 Å². The maximum atomic E-state index is 15.4. The van der Waals surface area contributed by atoms with Crippen molar-refractivity contribution in [3.05, 3.63) is 35.9 Å². The third kappa shape index (κ3) is 27.8. The summed E-state index contributed by atoms with van der Waals surface area (Å²) < 4.78 is 11.1. The third-order valence-electron chi connectivity index (χ3n) is 14.5. The Morgan fingerprint density at radius 3 is 1.80 bits per heavy atom. The summed E-state index contributed by atoms with van der Waals surface area (Å²) in [6, 6.07) is -9.98. The molecule has 0 unspecified atom stereocenters. The van der Waals surface area contributed by atoms with Crippen molar-refractivity contribution in [1.82, 2.24) is 63.8 Å². The molecule has 528 valence electrons. The maximum absolute atomic E-state index is 15.4. The van der Waals surface area contributed by atoms with Gasteiger partial charge in [0.25, 0.3) is 0 Å². The van der Waals surface area contributed by atoms with Gasteiger partial charge in [-0.1, -0.05) is 92.1 Å². The van der Waals surface area contributed by atoms with Gasteiger partial charge in [-0.3, -0.25) is 58.1 Å². The summed E-state index contributed by atoms with van der Waals surface area (Å²) in [5, 5.41) is 80.6. The predicted molar refractivity (Wildman–Crippen MR) is 337 cm³/mol. The summed E-state index contributed by atoms with van der Waals surface area (Å²) in [4.78, 5) is 182. The van der Waals surface area contributed by atoms with Crippen LogP contribution in [0.15, 0.2) is 30.3 Å². The van der Waals surface area contributed by atoms with Crippen LogP contribution in [0.2, 0.25) is 0 Å². The first-order valence-corrected chi connectivity index (χ1v) is 31.1. The number of alkyl carbamates (subject to hydrolysis) is 1.